The number of rotatable bonds is 4. The van der Waals surface area contributed by atoms with Crippen LogP contribution in [0.2, 0.25) is 0 Å². The van der Waals surface area contributed by atoms with Gasteiger partial charge in [-0.25, -0.2) is 0 Å². The van der Waals surface area contributed by atoms with Gasteiger partial charge in [0.1, 0.15) is 5.75 Å². The van der Waals surface area contributed by atoms with Gasteiger partial charge in [-0.05, 0) is 36.6 Å². The van der Waals surface area contributed by atoms with Crippen molar-refractivity contribution in [1.29, 1.82) is 0 Å². The second-order valence-corrected chi connectivity index (χ2v) is 5.51. The second-order valence-electron chi connectivity index (χ2n) is 5.51. The fraction of sp³-hybridized carbons (Fsp3) is 0.533. The first kappa shape index (κ1) is 19.6. The van der Waals surface area contributed by atoms with Gasteiger partial charge in [-0.2, -0.15) is 0 Å². The quantitative estimate of drug-likeness (QED) is 0.876. The number of amides is 1. The van der Waals surface area contributed by atoms with Crippen LogP contribution in [0.4, 0.5) is 13.2 Å². The van der Waals surface area contributed by atoms with Crippen molar-refractivity contribution in [3.63, 3.8) is 0 Å². The van der Waals surface area contributed by atoms with Crippen molar-refractivity contribution < 1.29 is 22.7 Å². The van der Waals surface area contributed by atoms with Gasteiger partial charge in [-0.3, -0.25) is 4.79 Å². The Kier molecular flexibility index (Phi) is 7.15. The first-order valence-electron chi connectivity index (χ1n) is 7.18. The van der Waals surface area contributed by atoms with Crippen molar-refractivity contribution in [2.24, 2.45) is 5.92 Å². The summed E-state index contributed by atoms with van der Waals surface area (Å²) in [6, 6.07) is 5.43. The Morgan fingerprint density at radius 3 is 2.57 bits per heavy atom. The molecule has 0 spiro atoms. The van der Waals surface area contributed by atoms with E-state index in [9.17, 15) is 18.0 Å². The molecule has 2 atom stereocenters. The lowest BCUT2D eigenvalue weighted by Gasteiger charge is -2.30. The molecule has 0 saturated carbocycles. The Labute approximate surface area is 139 Å². The summed E-state index contributed by atoms with van der Waals surface area (Å²) in [5.74, 6) is -0.0143. The van der Waals surface area contributed by atoms with Gasteiger partial charge in [0, 0.05) is 12.6 Å². The molecule has 1 heterocycles. The Morgan fingerprint density at radius 1 is 1.35 bits per heavy atom. The summed E-state index contributed by atoms with van der Waals surface area (Å²) >= 11 is 0. The molecule has 1 fully saturated rings. The van der Waals surface area contributed by atoms with Crippen molar-refractivity contribution in [1.82, 2.24) is 10.6 Å². The third-order valence-electron chi connectivity index (χ3n) is 3.70. The van der Waals surface area contributed by atoms with Gasteiger partial charge in [0.05, 0.1) is 6.42 Å². The van der Waals surface area contributed by atoms with E-state index in [4.69, 9.17) is 0 Å². The predicted octanol–water partition coefficient (Wildman–Crippen LogP) is 2.66. The van der Waals surface area contributed by atoms with E-state index in [-0.39, 0.29) is 36.5 Å². The molecule has 23 heavy (non-hydrogen) atoms. The maximum Gasteiger partial charge on any atom is 0.573 e. The van der Waals surface area contributed by atoms with Gasteiger partial charge in [-0.1, -0.05) is 19.1 Å². The fourth-order valence-electron chi connectivity index (χ4n) is 2.44. The van der Waals surface area contributed by atoms with Crippen molar-refractivity contribution in [3.8, 4) is 5.75 Å². The predicted molar refractivity (Wildman–Crippen MR) is 82.7 cm³/mol. The molecule has 1 saturated heterocycles. The zero-order valence-corrected chi connectivity index (χ0v) is 13.5. The lowest BCUT2D eigenvalue weighted by atomic mass is 9.94. The Hall–Kier alpha value is -1.47. The van der Waals surface area contributed by atoms with Gasteiger partial charge in [0.15, 0.2) is 0 Å². The minimum absolute atomic E-state index is 0. The highest BCUT2D eigenvalue weighted by Crippen LogP contribution is 2.22. The molecule has 0 aromatic heterocycles. The topological polar surface area (TPSA) is 50.4 Å². The Balaban J connectivity index is 0.00000264. The molecule has 1 amide bonds. The number of carbonyl (C=O) groups excluding carboxylic acids is 1. The standard InChI is InChI=1S/C15H19F3N2O2.ClH/c1-10-6-7-19-9-13(10)20-14(21)8-11-2-4-12(5-3-11)22-15(16,17)18;/h2-5,10,13,19H,6-9H2,1H3,(H,20,21);1H. The number of hydrogen-bond acceptors (Lipinski definition) is 3. The highest BCUT2D eigenvalue weighted by Gasteiger charge is 2.31. The zero-order chi connectivity index (χ0) is 16.2. The maximum absolute atomic E-state index is 12.1. The average molecular weight is 353 g/mol. The van der Waals surface area contributed by atoms with Crippen LogP contribution in [-0.4, -0.2) is 31.4 Å². The molecule has 0 bridgehead atoms. The maximum atomic E-state index is 12.1. The first-order valence-corrected chi connectivity index (χ1v) is 7.18. The summed E-state index contributed by atoms with van der Waals surface area (Å²) in [6.45, 7) is 3.79. The number of piperidine rings is 1. The number of alkyl halides is 3. The van der Waals surface area contributed by atoms with Gasteiger partial charge < -0.3 is 15.4 Å². The highest BCUT2D eigenvalue weighted by molar-refractivity contribution is 5.85. The molecule has 1 aromatic carbocycles. The van der Waals surface area contributed by atoms with Crippen LogP contribution in [0.15, 0.2) is 24.3 Å². The van der Waals surface area contributed by atoms with Crippen molar-refractivity contribution >= 4 is 18.3 Å². The summed E-state index contributed by atoms with van der Waals surface area (Å²) in [5, 5.41) is 6.18. The minimum Gasteiger partial charge on any atom is -0.406 e. The molecule has 2 N–H and O–H groups in total. The SMILES string of the molecule is CC1CCNCC1NC(=O)Cc1ccc(OC(F)(F)F)cc1.Cl. The monoisotopic (exact) mass is 352 g/mol. The van der Waals surface area contributed by atoms with E-state index in [1.807, 2.05) is 0 Å². The van der Waals surface area contributed by atoms with Crippen LogP contribution in [0, 0.1) is 5.92 Å². The lowest BCUT2D eigenvalue weighted by Crippen LogP contribution is -2.50. The highest BCUT2D eigenvalue weighted by atomic mass is 35.5. The van der Waals surface area contributed by atoms with Crippen LogP contribution in [0.3, 0.4) is 0 Å². The fourth-order valence-corrected chi connectivity index (χ4v) is 2.44. The molecule has 4 nitrogen and oxygen atoms in total. The molecule has 1 aromatic rings. The third-order valence-corrected chi connectivity index (χ3v) is 3.70. The molecule has 0 radical (unpaired) electrons. The number of nitrogens with one attached hydrogen (secondary N) is 2. The summed E-state index contributed by atoms with van der Waals surface area (Å²) in [7, 11) is 0. The van der Waals surface area contributed by atoms with E-state index in [1.54, 1.807) is 0 Å². The van der Waals surface area contributed by atoms with E-state index in [1.165, 1.54) is 24.3 Å². The van der Waals surface area contributed by atoms with Gasteiger partial charge in [0.2, 0.25) is 5.91 Å². The van der Waals surface area contributed by atoms with E-state index in [0.29, 0.717) is 11.5 Å². The smallest absolute Gasteiger partial charge is 0.406 e. The molecular weight excluding hydrogens is 333 g/mol. The van der Waals surface area contributed by atoms with Crippen LogP contribution < -0.4 is 15.4 Å². The van der Waals surface area contributed by atoms with E-state index < -0.39 is 6.36 Å². The third kappa shape index (κ3) is 6.66. The summed E-state index contributed by atoms with van der Waals surface area (Å²) in [5.41, 5.74) is 0.642. The Morgan fingerprint density at radius 2 is 2.00 bits per heavy atom. The van der Waals surface area contributed by atoms with Crippen LogP contribution in [-0.2, 0) is 11.2 Å². The number of carbonyl (C=O) groups is 1. The van der Waals surface area contributed by atoms with Crippen LogP contribution in [0.5, 0.6) is 5.75 Å². The summed E-state index contributed by atoms with van der Waals surface area (Å²) in [6.07, 6.45) is -3.56. The average Bonchev–Trinajstić information content (AvgIpc) is 2.42. The molecule has 1 aliphatic heterocycles. The van der Waals surface area contributed by atoms with Crippen molar-refractivity contribution in [2.45, 2.75) is 32.2 Å². The van der Waals surface area contributed by atoms with Gasteiger partial charge in [0.25, 0.3) is 0 Å². The lowest BCUT2D eigenvalue weighted by molar-refractivity contribution is -0.274. The largest absolute Gasteiger partial charge is 0.573 e. The second kappa shape index (κ2) is 8.40. The molecule has 8 heteroatoms. The van der Waals surface area contributed by atoms with Crippen LogP contribution in [0.1, 0.15) is 18.9 Å². The van der Waals surface area contributed by atoms with Gasteiger partial charge in [-0.15, -0.1) is 25.6 Å². The van der Waals surface area contributed by atoms with Crippen LogP contribution >= 0.6 is 12.4 Å². The molecule has 130 valence electrons. The zero-order valence-electron chi connectivity index (χ0n) is 12.7. The van der Waals surface area contributed by atoms with E-state index >= 15 is 0 Å². The minimum atomic E-state index is -4.71. The molecular formula is C15H20ClF3N2O2. The summed E-state index contributed by atoms with van der Waals surface area (Å²) in [4.78, 5) is 12.0. The van der Waals surface area contributed by atoms with Crippen molar-refractivity contribution in [3.05, 3.63) is 29.8 Å². The number of hydrogen-bond donors (Lipinski definition) is 2. The van der Waals surface area contributed by atoms with E-state index in [0.717, 1.165) is 19.5 Å². The molecule has 2 unspecified atom stereocenters. The number of ether oxygens (including phenoxy) is 1. The number of benzene rings is 1. The van der Waals surface area contributed by atoms with Gasteiger partial charge >= 0.3 is 6.36 Å². The molecule has 0 aliphatic carbocycles. The molecule has 1 aliphatic rings. The van der Waals surface area contributed by atoms with Crippen LogP contribution in [0.25, 0.3) is 0 Å². The first-order chi connectivity index (χ1) is 10.3. The normalized spacial score (nSPS) is 21.2. The van der Waals surface area contributed by atoms with Crippen molar-refractivity contribution in [2.75, 3.05) is 13.1 Å². The van der Waals surface area contributed by atoms with E-state index in [2.05, 4.69) is 22.3 Å². The number of halogens is 4. The molecule has 2 rings (SSSR count). The Bertz CT molecular complexity index is 508. The summed E-state index contributed by atoms with van der Waals surface area (Å²) < 4.78 is 40.0.